The van der Waals surface area contributed by atoms with E-state index in [0.29, 0.717) is 11.1 Å². The molecule has 0 saturated carbocycles. The van der Waals surface area contributed by atoms with Gasteiger partial charge < -0.3 is 10.2 Å². The number of aromatic hydroxyl groups is 2. The summed E-state index contributed by atoms with van der Waals surface area (Å²) in [5.41, 5.74) is 5.37. The smallest absolute Gasteiger partial charge is 0.196 e. The van der Waals surface area contributed by atoms with Crippen molar-refractivity contribution in [2.75, 3.05) is 0 Å². The van der Waals surface area contributed by atoms with Gasteiger partial charge in [0, 0.05) is 11.1 Å². The topological polar surface area (TPSA) is 74.6 Å². The van der Waals surface area contributed by atoms with Crippen LogP contribution in [-0.4, -0.2) is 21.8 Å². The normalized spacial score (nSPS) is 11.4. The first-order valence-corrected chi connectivity index (χ1v) is 12.8. The number of hydrogen-bond acceptors (Lipinski definition) is 4. The van der Waals surface area contributed by atoms with Gasteiger partial charge in [-0.1, -0.05) is 101 Å². The van der Waals surface area contributed by atoms with Crippen LogP contribution in [0.4, 0.5) is 0 Å². The lowest BCUT2D eigenvalue weighted by molar-refractivity contribution is 0.102. The molecule has 0 amide bonds. The molecule has 0 aliphatic rings. The average molecular weight is 505 g/mol. The highest BCUT2D eigenvalue weighted by Crippen LogP contribution is 2.27. The van der Waals surface area contributed by atoms with Crippen LogP contribution < -0.4 is 0 Å². The summed E-state index contributed by atoms with van der Waals surface area (Å²) in [6, 6.07) is 24.8. The molecule has 0 atom stereocenters. The van der Waals surface area contributed by atoms with Gasteiger partial charge in [0.2, 0.25) is 0 Å². The summed E-state index contributed by atoms with van der Waals surface area (Å²) in [4.78, 5) is 25.7. The highest BCUT2D eigenvalue weighted by atomic mass is 16.3. The SMILES string of the molecule is CC(C)c1ccc(C(=O)c2ccc(/C=C/c3ccc(C(=O)c4ccc(C(C)C)cc4O)cc3)cc2)c(O)c1. The first-order valence-electron chi connectivity index (χ1n) is 12.8. The molecule has 0 heterocycles. The maximum atomic E-state index is 12.9. The lowest BCUT2D eigenvalue weighted by Crippen LogP contribution is -2.02. The summed E-state index contributed by atoms with van der Waals surface area (Å²) in [6.45, 7) is 8.15. The molecule has 192 valence electrons. The number of carbonyl (C=O) groups is 2. The maximum absolute atomic E-state index is 12.9. The molecule has 0 spiro atoms. The second-order valence-corrected chi connectivity index (χ2v) is 10.1. The van der Waals surface area contributed by atoms with Gasteiger partial charge in [-0.25, -0.2) is 0 Å². The molecule has 4 nitrogen and oxygen atoms in total. The monoisotopic (exact) mass is 504 g/mol. The predicted molar refractivity (Wildman–Crippen MR) is 153 cm³/mol. The third-order valence-corrected chi connectivity index (χ3v) is 6.68. The van der Waals surface area contributed by atoms with E-state index < -0.39 is 0 Å². The van der Waals surface area contributed by atoms with Crippen molar-refractivity contribution >= 4 is 23.7 Å². The van der Waals surface area contributed by atoms with Gasteiger partial charge in [0.1, 0.15) is 11.5 Å². The van der Waals surface area contributed by atoms with Crippen molar-refractivity contribution in [1.82, 2.24) is 0 Å². The minimum atomic E-state index is -0.224. The standard InChI is InChI=1S/C34H32O4/c1-21(2)27-15-17-29(31(35)19-27)33(37)25-11-7-23(8-12-25)5-6-24-9-13-26(14-10-24)34(38)30-18-16-28(22(3)4)20-32(30)36/h5-22,35-36H,1-4H3/b6-5+. The summed E-state index contributed by atoms with van der Waals surface area (Å²) in [7, 11) is 0. The Labute approximate surface area is 223 Å². The number of carbonyl (C=O) groups excluding carboxylic acids is 2. The third kappa shape index (κ3) is 5.92. The van der Waals surface area contributed by atoms with Crippen LogP contribution in [0.15, 0.2) is 84.9 Å². The summed E-state index contributed by atoms with van der Waals surface area (Å²) >= 11 is 0. The summed E-state index contributed by atoms with van der Waals surface area (Å²) in [6.07, 6.45) is 3.85. The highest BCUT2D eigenvalue weighted by molar-refractivity contribution is 6.11. The Morgan fingerprint density at radius 3 is 1.18 bits per heavy atom. The van der Waals surface area contributed by atoms with E-state index in [0.717, 1.165) is 22.3 Å². The lowest BCUT2D eigenvalue weighted by atomic mass is 9.96. The zero-order valence-electron chi connectivity index (χ0n) is 22.1. The molecule has 4 aromatic rings. The van der Waals surface area contributed by atoms with Gasteiger partial charge in [-0.05, 0) is 58.4 Å². The number of benzene rings is 4. The van der Waals surface area contributed by atoms with E-state index >= 15 is 0 Å². The fourth-order valence-electron chi connectivity index (χ4n) is 4.19. The first-order chi connectivity index (χ1) is 18.1. The summed E-state index contributed by atoms with van der Waals surface area (Å²) in [5, 5.41) is 20.7. The summed E-state index contributed by atoms with van der Waals surface area (Å²) in [5.74, 6) is 0.0769. The highest BCUT2D eigenvalue weighted by Gasteiger charge is 2.16. The molecule has 0 aromatic heterocycles. The van der Waals surface area contributed by atoms with E-state index in [-0.39, 0.29) is 46.0 Å². The molecule has 38 heavy (non-hydrogen) atoms. The van der Waals surface area contributed by atoms with Crippen molar-refractivity contribution in [2.45, 2.75) is 39.5 Å². The van der Waals surface area contributed by atoms with Crippen LogP contribution in [0.25, 0.3) is 12.2 Å². The number of ketones is 2. The van der Waals surface area contributed by atoms with Gasteiger partial charge in [-0.3, -0.25) is 9.59 Å². The van der Waals surface area contributed by atoms with E-state index in [2.05, 4.69) is 0 Å². The molecule has 0 aliphatic heterocycles. The van der Waals surface area contributed by atoms with Crippen LogP contribution in [0.1, 0.15) is 93.6 Å². The zero-order valence-corrected chi connectivity index (χ0v) is 22.1. The molecular formula is C34H32O4. The van der Waals surface area contributed by atoms with Crippen LogP contribution in [0.5, 0.6) is 11.5 Å². The van der Waals surface area contributed by atoms with Crippen molar-refractivity contribution in [2.24, 2.45) is 0 Å². The van der Waals surface area contributed by atoms with Gasteiger partial charge >= 0.3 is 0 Å². The quantitative estimate of drug-likeness (QED) is 0.188. The van der Waals surface area contributed by atoms with Crippen LogP contribution in [-0.2, 0) is 0 Å². The van der Waals surface area contributed by atoms with Crippen molar-refractivity contribution in [3.63, 3.8) is 0 Å². The Bertz CT molecular complexity index is 1380. The Morgan fingerprint density at radius 2 is 0.895 bits per heavy atom. The largest absolute Gasteiger partial charge is 0.507 e. The van der Waals surface area contributed by atoms with Crippen molar-refractivity contribution in [1.29, 1.82) is 0 Å². The minimum Gasteiger partial charge on any atom is -0.507 e. The molecule has 4 aromatic carbocycles. The van der Waals surface area contributed by atoms with Gasteiger partial charge in [0.25, 0.3) is 0 Å². The van der Waals surface area contributed by atoms with Crippen LogP contribution >= 0.6 is 0 Å². The first kappa shape index (κ1) is 26.6. The number of hydrogen-bond donors (Lipinski definition) is 2. The molecule has 4 heteroatoms. The molecule has 0 unspecified atom stereocenters. The minimum absolute atomic E-state index is 0.00474. The molecule has 2 N–H and O–H groups in total. The third-order valence-electron chi connectivity index (χ3n) is 6.68. The van der Waals surface area contributed by atoms with Gasteiger partial charge in [0.15, 0.2) is 11.6 Å². The van der Waals surface area contributed by atoms with Gasteiger partial charge in [0.05, 0.1) is 11.1 Å². The molecule has 0 aliphatic carbocycles. The molecule has 0 saturated heterocycles. The second-order valence-electron chi connectivity index (χ2n) is 10.1. The molecule has 4 rings (SSSR count). The second kappa shape index (κ2) is 11.3. The van der Waals surface area contributed by atoms with Crippen molar-refractivity contribution < 1.29 is 19.8 Å². The van der Waals surface area contributed by atoms with E-state index in [1.165, 1.54) is 0 Å². The van der Waals surface area contributed by atoms with E-state index in [9.17, 15) is 19.8 Å². The molecular weight excluding hydrogens is 472 g/mol. The zero-order chi connectivity index (χ0) is 27.4. The Hall–Kier alpha value is -4.44. The fraction of sp³-hybridized carbons (Fsp3) is 0.176. The number of rotatable bonds is 8. The number of phenolic OH excluding ortho intramolecular Hbond substituents is 2. The van der Waals surface area contributed by atoms with Crippen LogP contribution in [0.3, 0.4) is 0 Å². The Balaban J connectivity index is 1.44. The maximum Gasteiger partial charge on any atom is 0.196 e. The molecule has 0 radical (unpaired) electrons. The van der Waals surface area contributed by atoms with Crippen LogP contribution in [0.2, 0.25) is 0 Å². The van der Waals surface area contributed by atoms with Gasteiger partial charge in [-0.15, -0.1) is 0 Å². The molecule has 0 fully saturated rings. The molecule has 0 bridgehead atoms. The number of phenols is 2. The lowest BCUT2D eigenvalue weighted by Gasteiger charge is -2.09. The van der Waals surface area contributed by atoms with Crippen LogP contribution in [0, 0.1) is 0 Å². The van der Waals surface area contributed by atoms with Crippen molar-refractivity contribution in [3.05, 3.63) is 129 Å². The van der Waals surface area contributed by atoms with E-state index in [1.54, 1.807) is 48.5 Å². The van der Waals surface area contributed by atoms with E-state index in [1.807, 2.05) is 76.2 Å². The Morgan fingerprint density at radius 1 is 0.553 bits per heavy atom. The van der Waals surface area contributed by atoms with Crippen molar-refractivity contribution in [3.8, 4) is 11.5 Å². The predicted octanol–water partition coefficient (Wildman–Crippen LogP) is 7.98. The Kier molecular flexibility index (Phi) is 7.92. The summed E-state index contributed by atoms with van der Waals surface area (Å²) < 4.78 is 0. The van der Waals surface area contributed by atoms with Gasteiger partial charge in [-0.2, -0.15) is 0 Å². The average Bonchev–Trinajstić information content (AvgIpc) is 2.91. The van der Waals surface area contributed by atoms with E-state index in [4.69, 9.17) is 0 Å². The fourth-order valence-corrected chi connectivity index (χ4v) is 4.19.